The Labute approximate surface area is 83.2 Å². The number of primary amides is 1. The zero-order valence-corrected chi connectivity index (χ0v) is 8.53. The van der Waals surface area contributed by atoms with Gasteiger partial charge in [0.1, 0.15) is 6.04 Å². The predicted molar refractivity (Wildman–Crippen MR) is 50.4 cm³/mol. The average Bonchev–Trinajstić information content (AvgIpc) is 2.00. The summed E-state index contributed by atoms with van der Waals surface area (Å²) in [6.45, 7) is 2.72. The van der Waals surface area contributed by atoms with Crippen molar-refractivity contribution in [3.63, 3.8) is 0 Å². The highest BCUT2D eigenvalue weighted by Gasteiger charge is 2.38. The molecule has 14 heavy (non-hydrogen) atoms. The summed E-state index contributed by atoms with van der Waals surface area (Å²) in [5.74, 6) is -0.569. The zero-order chi connectivity index (χ0) is 10.7. The second kappa shape index (κ2) is 4.41. The predicted octanol–water partition coefficient (Wildman–Crippen LogP) is -0.502. The van der Waals surface area contributed by atoms with E-state index < -0.39 is 0 Å². The molecule has 1 heterocycles. The molecule has 5 heteroatoms. The Bertz CT molecular complexity index is 242. The van der Waals surface area contributed by atoms with Gasteiger partial charge in [0.05, 0.1) is 7.11 Å². The highest BCUT2D eigenvalue weighted by atomic mass is 16.5. The van der Waals surface area contributed by atoms with Gasteiger partial charge < -0.3 is 10.5 Å². The number of esters is 1. The van der Waals surface area contributed by atoms with Gasteiger partial charge in [-0.3, -0.25) is 14.5 Å². The Morgan fingerprint density at radius 1 is 1.64 bits per heavy atom. The fourth-order valence-corrected chi connectivity index (χ4v) is 1.73. The summed E-state index contributed by atoms with van der Waals surface area (Å²) >= 11 is 0. The van der Waals surface area contributed by atoms with Crippen molar-refractivity contribution in [1.82, 2.24) is 4.90 Å². The van der Waals surface area contributed by atoms with E-state index in [2.05, 4.69) is 4.74 Å². The standard InChI is InChI=1S/C9H16N2O3/c1-6(5-8(10)12)11-4-3-7(11)9(13)14-2/h6-7H,3-5H2,1-2H3,(H2,10,12). The summed E-state index contributed by atoms with van der Waals surface area (Å²) in [4.78, 5) is 23.8. The number of hydrogen-bond donors (Lipinski definition) is 1. The van der Waals surface area contributed by atoms with E-state index in [0.29, 0.717) is 0 Å². The van der Waals surface area contributed by atoms with Crippen molar-refractivity contribution in [2.24, 2.45) is 5.73 Å². The van der Waals surface area contributed by atoms with Gasteiger partial charge in [-0.25, -0.2) is 0 Å². The van der Waals surface area contributed by atoms with Crippen LogP contribution in [0, 0.1) is 0 Å². The van der Waals surface area contributed by atoms with Crippen LogP contribution in [0.5, 0.6) is 0 Å². The number of amides is 1. The van der Waals surface area contributed by atoms with Crippen molar-refractivity contribution >= 4 is 11.9 Å². The number of carbonyl (C=O) groups excluding carboxylic acids is 2. The first-order valence-corrected chi connectivity index (χ1v) is 4.68. The minimum absolute atomic E-state index is 0.0188. The van der Waals surface area contributed by atoms with Gasteiger partial charge in [-0.05, 0) is 13.3 Å². The van der Waals surface area contributed by atoms with Crippen LogP contribution in [0.4, 0.5) is 0 Å². The molecule has 1 aliphatic rings. The number of carbonyl (C=O) groups is 2. The highest BCUT2D eigenvalue weighted by Crippen LogP contribution is 2.22. The lowest BCUT2D eigenvalue weighted by Gasteiger charge is -2.42. The lowest BCUT2D eigenvalue weighted by Crippen LogP contribution is -2.57. The fourth-order valence-electron chi connectivity index (χ4n) is 1.73. The van der Waals surface area contributed by atoms with Crippen LogP contribution in [0.1, 0.15) is 19.8 Å². The van der Waals surface area contributed by atoms with E-state index in [4.69, 9.17) is 5.73 Å². The molecule has 0 radical (unpaired) electrons. The van der Waals surface area contributed by atoms with E-state index in [1.54, 1.807) is 0 Å². The molecule has 5 nitrogen and oxygen atoms in total. The number of methoxy groups -OCH3 is 1. The summed E-state index contributed by atoms with van der Waals surface area (Å²) in [5.41, 5.74) is 5.08. The molecule has 2 N–H and O–H groups in total. The molecule has 0 saturated carbocycles. The molecule has 2 atom stereocenters. The molecule has 2 unspecified atom stereocenters. The molecule has 0 aromatic heterocycles. The number of nitrogens with two attached hydrogens (primary N) is 1. The molecule has 1 rings (SSSR count). The smallest absolute Gasteiger partial charge is 0.323 e. The summed E-state index contributed by atoms with van der Waals surface area (Å²) in [5, 5.41) is 0. The maximum absolute atomic E-state index is 11.2. The van der Waals surface area contributed by atoms with Gasteiger partial charge in [0.2, 0.25) is 5.91 Å². The number of likely N-dealkylation sites (tertiary alicyclic amines) is 1. The third-order valence-electron chi connectivity index (χ3n) is 2.60. The van der Waals surface area contributed by atoms with Crippen LogP contribution in [-0.2, 0) is 14.3 Å². The number of ether oxygens (including phenoxy) is 1. The van der Waals surface area contributed by atoms with E-state index in [1.165, 1.54) is 7.11 Å². The van der Waals surface area contributed by atoms with Crippen molar-refractivity contribution in [3.05, 3.63) is 0 Å². The van der Waals surface area contributed by atoms with Gasteiger partial charge in [0.25, 0.3) is 0 Å². The Morgan fingerprint density at radius 2 is 2.29 bits per heavy atom. The lowest BCUT2D eigenvalue weighted by molar-refractivity contribution is -0.154. The van der Waals surface area contributed by atoms with Crippen LogP contribution in [0.15, 0.2) is 0 Å². The maximum Gasteiger partial charge on any atom is 0.323 e. The third kappa shape index (κ3) is 2.23. The minimum atomic E-state index is -0.340. The van der Waals surface area contributed by atoms with Crippen molar-refractivity contribution < 1.29 is 14.3 Å². The minimum Gasteiger partial charge on any atom is -0.468 e. The summed E-state index contributed by atoms with van der Waals surface area (Å²) in [6, 6.07) is -0.167. The summed E-state index contributed by atoms with van der Waals surface area (Å²) in [7, 11) is 1.37. The molecule has 0 aliphatic carbocycles. The molecule has 1 fully saturated rings. The number of hydrogen-bond acceptors (Lipinski definition) is 4. The Morgan fingerprint density at radius 3 is 2.64 bits per heavy atom. The van der Waals surface area contributed by atoms with Crippen LogP contribution < -0.4 is 5.73 Å². The first kappa shape index (κ1) is 11.0. The molecule has 1 amide bonds. The van der Waals surface area contributed by atoms with Crippen LogP contribution in [0.3, 0.4) is 0 Å². The lowest BCUT2D eigenvalue weighted by atomic mass is 9.99. The van der Waals surface area contributed by atoms with Crippen LogP contribution >= 0.6 is 0 Å². The Balaban J connectivity index is 2.45. The van der Waals surface area contributed by atoms with E-state index in [1.807, 2.05) is 11.8 Å². The molecule has 0 aromatic carbocycles. The molecule has 0 spiro atoms. The molecule has 1 aliphatic heterocycles. The normalized spacial score (nSPS) is 23.7. The average molecular weight is 200 g/mol. The molecule has 1 saturated heterocycles. The van der Waals surface area contributed by atoms with E-state index in [-0.39, 0.29) is 30.4 Å². The first-order chi connectivity index (χ1) is 6.56. The summed E-state index contributed by atoms with van der Waals surface area (Å²) < 4.78 is 4.64. The van der Waals surface area contributed by atoms with Gasteiger partial charge in [-0.1, -0.05) is 0 Å². The Hall–Kier alpha value is -1.10. The second-order valence-electron chi connectivity index (χ2n) is 3.58. The SMILES string of the molecule is COC(=O)C1CCN1C(C)CC(N)=O. The molecule has 0 aromatic rings. The van der Waals surface area contributed by atoms with Gasteiger partial charge in [0.15, 0.2) is 0 Å². The first-order valence-electron chi connectivity index (χ1n) is 4.68. The molecular weight excluding hydrogens is 184 g/mol. The maximum atomic E-state index is 11.2. The van der Waals surface area contributed by atoms with E-state index >= 15 is 0 Å². The third-order valence-corrected chi connectivity index (χ3v) is 2.60. The van der Waals surface area contributed by atoms with Gasteiger partial charge in [-0.15, -0.1) is 0 Å². The van der Waals surface area contributed by atoms with Gasteiger partial charge in [-0.2, -0.15) is 0 Å². The van der Waals surface area contributed by atoms with E-state index in [0.717, 1.165) is 13.0 Å². The quantitative estimate of drug-likeness (QED) is 0.621. The van der Waals surface area contributed by atoms with Crippen LogP contribution in [0.2, 0.25) is 0 Å². The molecular formula is C9H16N2O3. The van der Waals surface area contributed by atoms with E-state index in [9.17, 15) is 9.59 Å². The zero-order valence-electron chi connectivity index (χ0n) is 8.53. The van der Waals surface area contributed by atoms with Crippen LogP contribution in [0.25, 0.3) is 0 Å². The van der Waals surface area contributed by atoms with Gasteiger partial charge in [0, 0.05) is 19.0 Å². The summed E-state index contributed by atoms with van der Waals surface area (Å²) in [6.07, 6.45) is 1.09. The topological polar surface area (TPSA) is 72.6 Å². The monoisotopic (exact) mass is 200 g/mol. The Kier molecular flexibility index (Phi) is 3.46. The van der Waals surface area contributed by atoms with Crippen molar-refractivity contribution in [3.8, 4) is 0 Å². The molecule has 80 valence electrons. The number of nitrogens with zero attached hydrogens (tertiary/aromatic N) is 1. The second-order valence-corrected chi connectivity index (χ2v) is 3.58. The highest BCUT2D eigenvalue weighted by molar-refractivity contribution is 5.77. The van der Waals surface area contributed by atoms with Gasteiger partial charge >= 0.3 is 5.97 Å². The fraction of sp³-hybridized carbons (Fsp3) is 0.778. The van der Waals surface area contributed by atoms with Crippen molar-refractivity contribution in [1.29, 1.82) is 0 Å². The largest absolute Gasteiger partial charge is 0.468 e. The van der Waals surface area contributed by atoms with Crippen molar-refractivity contribution in [2.75, 3.05) is 13.7 Å². The van der Waals surface area contributed by atoms with Crippen LogP contribution in [-0.4, -0.2) is 42.5 Å². The van der Waals surface area contributed by atoms with Crippen molar-refractivity contribution in [2.45, 2.75) is 31.8 Å². The molecule has 0 bridgehead atoms. The number of rotatable bonds is 4.